The minimum atomic E-state index is -5.63. The van der Waals surface area contributed by atoms with Crippen LogP contribution in [0.1, 0.15) is 11.1 Å². The van der Waals surface area contributed by atoms with Gasteiger partial charge in [0.25, 0.3) is 0 Å². The number of rotatable bonds is 3. The molecule has 0 amide bonds. The highest BCUT2D eigenvalue weighted by atomic mass is 19.4. The molecule has 0 radical (unpaired) electrons. The molecule has 0 aliphatic carbocycles. The van der Waals surface area contributed by atoms with Crippen molar-refractivity contribution in [2.75, 3.05) is 0 Å². The Balaban J connectivity index is 3.08. The smallest absolute Gasteiger partial charge is 0.316 e. The Morgan fingerprint density at radius 2 is 1.75 bits per heavy atom. The second-order valence-electron chi connectivity index (χ2n) is 3.11. The van der Waals surface area contributed by atoms with E-state index in [1.54, 1.807) is 5.48 Å². The first-order valence-corrected chi connectivity index (χ1v) is 4.20. The van der Waals surface area contributed by atoms with Gasteiger partial charge in [0.1, 0.15) is 0 Å². The molecule has 7 heteroatoms. The van der Waals surface area contributed by atoms with E-state index in [-0.39, 0.29) is 12.1 Å². The standard InChI is InChI=1S/C9H8F5NO/c10-8(11,9(12,13)14)7-3-1-2-6(4-7)5-15-16/h1-4,15-16H,5H2. The average Bonchev–Trinajstić information content (AvgIpc) is 2.17. The monoisotopic (exact) mass is 241 g/mol. The molecular formula is C9H8F5NO. The van der Waals surface area contributed by atoms with E-state index in [1.807, 2.05) is 0 Å². The van der Waals surface area contributed by atoms with Crippen LogP contribution in [-0.4, -0.2) is 11.4 Å². The Labute approximate surface area is 87.7 Å². The first kappa shape index (κ1) is 12.9. The number of benzene rings is 1. The number of hydrogen-bond acceptors (Lipinski definition) is 2. The van der Waals surface area contributed by atoms with Crippen LogP contribution in [0, 0.1) is 0 Å². The minimum absolute atomic E-state index is 0.129. The number of halogens is 5. The van der Waals surface area contributed by atoms with Gasteiger partial charge in [-0.3, -0.25) is 0 Å². The molecule has 0 aromatic heterocycles. The van der Waals surface area contributed by atoms with Gasteiger partial charge in [-0.2, -0.15) is 22.0 Å². The van der Waals surface area contributed by atoms with Gasteiger partial charge in [-0.1, -0.05) is 18.2 Å². The summed E-state index contributed by atoms with van der Waals surface area (Å²) in [5.41, 5.74) is 0.658. The summed E-state index contributed by atoms with van der Waals surface area (Å²) in [4.78, 5) is 0. The first-order valence-electron chi connectivity index (χ1n) is 4.20. The highest BCUT2D eigenvalue weighted by Crippen LogP contribution is 2.43. The second-order valence-corrected chi connectivity index (χ2v) is 3.11. The molecule has 90 valence electrons. The van der Waals surface area contributed by atoms with Gasteiger partial charge in [0.05, 0.1) is 0 Å². The lowest BCUT2D eigenvalue weighted by atomic mass is 10.0. The van der Waals surface area contributed by atoms with E-state index in [1.165, 1.54) is 6.07 Å². The summed E-state index contributed by atoms with van der Waals surface area (Å²) in [5, 5.41) is 8.31. The van der Waals surface area contributed by atoms with Crippen molar-refractivity contribution in [2.45, 2.75) is 18.6 Å². The molecule has 0 spiro atoms. The quantitative estimate of drug-likeness (QED) is 0.630. The molecule has 0 unspecified atom stereocenters. The highest BCUT2D eigenvalue weighted by molar-refractivity contribution is 5.27. The van der Waals surface area contributed by atoms with Crippen molar-refractivity contribution in [2.24, 2.45) is 0 Å². The molecule has 0 atom stereocenters. The maximum Gasteiger partial charge on any atom is 0.458 e. The Kier molecular flexibility index (Phi) is 3.49. The zero-order valence-corrected chi connectivity index (χ0v) is 7.85. The Hall–Kier alpha value is -1.21. The molecule has 2 N–H and O–H groups in total. The van der Waals surface area contributed by atoms with Gasteiger partial charge < -0.3 is 5.21 Å². The van der Waals surface area contributed by atoms with Crippen molar-refractivity contribution < 1.29 is 27.2 Å². The highest BCUT2D eigenvalue weighted by Gasteiger charge is 2.58. The number of nitrogens with one attached hydrogen (secondary N) is 1. The molecule has 1 aromatic carbocycles. The van der Waals surface area contributed by atoms with Crippen LogP contribution in [0.15, 0.2) is 24.3 Å². The molecule has 0 heterocycles. The van der Waals surface area contributed by atoms with Crippen molar-refractivity contribution in [1.29, 1.82) is 0 Å². The molecule has 0 saturated carbocycles. The van der Waals surface area contributed by atoms with Crippen molar-refractivity contribution >= 4 is 0 Å². The molecule has 2 nitrogen and oxygen atoms in total. The number of hydrogen-bond donors (Lipinski definition) is 2. The number of alkyl halides is 5. The topological polar surface area (TPSA) is 32.3 Å². The van der Waals surface area contributed by atoms with Crippen LogP contribution in [0.2, 0.25) is 0 Å². The maximum absolute atomic E-state index is 12.9. The minimum Gasteiger partial charge on any atom is -0.316 e. The first-order chi connectivity index (χ1) is 7.29. The lowest BCUT2D eigenvalue weighted by Gasteiger charge is -2.20. The normalized spacial score (nSPS) is 12.9. The third-order valence-corrected chi connectivity index (χ3v) is 1.93. The molecule has 1 rings (SSSR count). The van der Waals surface area contributed by atoms with E-state index in [9.17, 15) is 22.0 Å². The van der Waals surface area contributed by atoms with E-state index < -0.39 is 17.7 Å². The van der Waals surface area contributed by atoms with Crippen LogP contribution in [0.4, 0.5) is 22.0 Å². The fraction of sp³-hybridized carbons (Fsp3) is 0.333. The Morgan fingerprint density at radius 1 is 1.12 bits per heavy atom. The summed E-state index contributed by atoms with van der Waals surface area (Å²) in [6.07, 6.45) is -5.63. The van der Waals surface area contributed by atoms with Crippen LogP contribution >= 0.6 is 0 Å². The predicted molar refractivity (Wildman–Crippen MR) is 45.0 cm³/mol. The summed E-state index contributed by atoms with van der Waals surface area (Å²) in [5.74, 6) is -4.89. The average molecular weight is 241 g/mol. The Bertz CT molecular complexity index is 363. The van der Waals surface area contributed by atoms with Gasteiger partial charge in [0.2, 0.25) is 0 Å². The third-order valence-electron chi connectivity index (χ3n) is 1.93. The van der Waals surface area contributed by atoms with Crippen molar-refractivity contribution in [3.8, 4) is 0 Å². The van der Waals surface area contributed by atoms with Crippen LogP contribution in [0.3, 0.4) is 0 Å². The van der Waals surface area contributed by atoms with E-state index >= 15 is 0 Å². The summed E-state index contributed by atoms with van der Waals surface area (Å²) in [6, 6.07) is 3.77. The van der Waals surface area contributed by atoms with E-state index in [4.69, 9.17) is 5.21 Å². The van der Waals surface area contributed by atoms with E-state index in [2.05, 4.69) is 0 Å². The zero-order valence-electron chi connectivity index (χ0n) is 7.85. The lowest BCUT2D eigenvalue weighted by molar-refractivity contribution is -0.289. The van der Waals surface area contributed by atoms with Crippen LogP contribution < -0.4 is 5.48 Å². The summed E-state index contributed by atoms with van der Waals surface area (Å²) in [7, 11) is 0. The fourth-order valence-electron chi connectivity index (χ4n) is 1.13. The molecule has 0 aliphatic heterocycles. The summed E-state index contributed by atoms with van der Waals surface area (Å²) < 4.78 is 61.8. The number of hydroxylamine groups is 1. The molecule has 0 aliphatic rings. The Morgan fingerprint density at radius 3 is 2.25 bits per heavy atom. The van der Waals surface area contributed by atoms with E-state index in [0.29, 0.717) is 12.1 Å². The molecule has 16 heavy (non-hydrogen) atoms. The van der Waals surface area contributed by atoms with Crippen molar-refractivity contribution in [3.05, 3.63) is 35.4 Å². The summed E-state index contributed by atoms with van der Waals surface area (Å²) >= 11 is 0. The lowest BCUT2D eigenvalue weighted by Crippen LogP contribution is -2.33. The molecule has 0 bridgehead atoms. The van der Waals surface area contributed by atoms with Gasteiger partial charge in [-0.25, -0.2) is 5.48 Å². The van der Waals surface area contributed by atoms with Gasteiger partial charge >= 0.3 is 12.1 Å². The van der Waals surface area contributed by atoms with Gasteiger partial charge in [0, 0.05) is 12.1 Å². The van der Waals surface area contributed by atoms with Gasteiger partial charge in [0.15, 0.2) is 0 Å². The van der Waals surface area contributed by atoms with Crippen LogP contribution in [0.25, 0.3) is 0 Å². The SMILES string of the molecule is ONCc1cccc(C(F)(F)C(F)(F)F)c1. The molecule has 0 saturated heterocycles. The fourth-order valence-corrected chi connectivity index (χ4v) is 1.13. The molecule has 0 fully saturated rings. The maximum atomic E-state index is 12.9. The van der Waals surface area contributed by atoms with Crippen molar-refractivity contribution in [3.63, 3.8) is 0 Å². The zero-order chi connectivity index (χ0) is 12.4. The summed E-state index contributed by atoms with van der Waals surface area (Å²) in [6.45, 7) is -0.207. The van der Waals surface area contributed by atoms with Gasteiger partial charge in [-0.05, 0) is 11.6 Å². The van der Waals surface area contributed by atoms with Gasteiger partial charge in [-0.15, -0.1) is 0 Å². The second kappa shape index (κ2) is 4.34. The van der Waals surface area contributed by atoms with Crippen LogP contribution in [-0.2, 0) is 12.5 Å². The van der Waals surface area contributed by atoms with Crippen molar-refractivity contribution in [1.82, 2.24) is 5.48 Å². The third kappa shape index (κ3) is 2.48. The van der Waals surface area contributed by atoms with E-state index in [0.717, 1.165) is 6.07 Å². The largest absolute Gasteiger partial charge is 0.458 e. The molecule has 1 aromatic rings. The predicted octanol–water partition coefficient (Wildman–Crippen LogP) is 2.82. The van der Waals surface area contributed by atoms with Crippen LogP contribution in [0.5, 0.6) is 0 Å². The molecular weight excluding hydrogens is 233 g/mol.